The minimum atomic E-state index is -0.206. The molecule has 2 heterocycles. The molecule has 1 unspecified atom stereocenters. The third kappa shape index (κ3) is 3.66. The van der Waals surface area contributed by atoms with Crippen LogP contribution < -0.4 is 15.4 Å². The van der Waals surface area contributed by atoms with Gasteiger partial charge in [-0.05, 0) is 32.2 Å². The van der Waals surface area contributed by atoms with Gasteiger partial charge in [-0.25, -0.2) is 4.79 Å². The average molecular weight is 293 g/mol. The van der Waals surface area contributed by atoms with Crippen LogP contribution in [0.5, 0.6) is 5.88 Å². The van der Waals surface area contributed by atoms with E-state index in [9.17, 15) is 4.79 Å². The van der Waals surface area contributed by atoms with Crippen molar-refractivity contribution < 1.29 is 9.53 Å². The normalized spacial score (nSPS) is 22.8. The van der Waals surface area contributed by atoms with Crippen molar-refractivity contribution in [2.45, 2.75) is 44.2 Å². The summed E-state index contributed by atoms with van der Waals surface area (Å²) in [6.07, 6.45) is 6.35. The molecule has 0 spiro atoms. The zero-order valence-corrected chi connectivity index (χ0v) is 12.4. The van der Waals surface area contributed by atoms with Gasteiger partial charge in [0.2, 0.25) is 5.88 Å². The van der Waals surface area contributed by atoms with E-state index in [1.807, 2.05) is 0 Å². The number of piperidine rings is 1. The number of nitrogens with zero attached hydrogens (tertiary/aromatic N) is 2. The average Bonchev–Trinajstić information content (AvgIpc) is 3.25. The summed E-state index contributed by atoms with van der Waals surface area (Å²) in [7, 11) is 1.54. The molecule has 3 N–H and O–H groups in total. The number of ether oxygens (including phenoxy) is 1. The number of aromatic nitrogens is 2. The lowest BCUT2D eigenvalue weighted by atomic mass is 10.0. The first-order chi connectivity index (χ1) is 10.3. The molecule has 7 nitrogen and oxygen atoms in total. The Hall–Kier alpha value is -1.76. The fourth-order valence-corrected chi connectivity index (χ4v) is 2.98. The molecule has 1 aliphatic carbocycles. The Morgan fingerprint density at radius 1 is 1.48 bits per heavy atom. The zero-order valence-electron chi connectivity index (χ0n) is 12.4. The molecule has 21 heavy (non-hydrogen) atoms. The molecule has 1 saturated heterocycles. The highest BCUT2D eigenvalue weighted by Crippen LogP contribution is 2.32. The van der Waals surface area contributed by atoms with Crippen molar-refractivity contribution in [1.82, 2.24) is 20.4 Å². The smallest absolute Gasteiger partial charge is 0.320 e. The van der Waals surface area contributed by atoms with Crippen molar-refractivity contribution in [2.75, 3.05) is 25.5 Å². The van der Waals surface area contributed by atoms with Crippen LogP contribution >= 0.6 is 0 Å². The first kappa shape index (κ1) is 14.2. The molecule has 0 bridgehead atoms. The largest absolute Gasteiger partial charge is 0.480 e. The summed E-state index contributed by atoms with van der Waals surface area (Å²) in [4.78, 5) is 14.5. The summed E-state index contributed by atoms with van der Waals surface area (Å²) in [6.45, 7) is 1.88. The van der Waals surface area contributed by atoms with Crippen LogP contribution in [-0.4, -0.2) is 53.4 Å². The van der Waals surface area contributed by atoms with Crippen LogP contribution in [-0.2, 0) is 0 Å². The minimum absolute atomic E-state index is 0.206. The Labute approximate surface area is 124 Å². The Balaban J connectivity index is 1.46. The van der Waals surface area contributed by atoms with Gasteiger partial charge < -0.3 is 10.1 Å². The van der Waals surface area contributed by atoms with Crippen LogP contribution in [0.2, 0.25) is 0 Å². The fourth-order valence-electron chi connectivity index (χ4n) is 2.98. The van der Waals surface area contributed by atoms with Crippen molar-refractivity contribution in [2.24, 2.45) is 0 Å². The first-order valence-corrected chi connectivity index (χ1v) is 7.66. The van der Waals surface area contributed by atoms with Gasteiger partial charge in [0.05, 0.1) is 7.11 Å². The predicted octanol–water partition coefficient (Wildman–Crippen LogP) is 1.56. The summed E-state index contributed by atoms with van der Waals surface area (Å²) in [5.74, 6) is 0.990. The molecule has 2 fully saturated rings. The summed E-state index contributed by atoms with van der Waals surface area (Å²) in [6, 6.07) is 2.68. The number of methoxy groups -OCH3 is 1. The lowest BCUT2D eigenvalue weighted by Crippen LogP contribution is -2.48. The summed E-state index contributed by atoms with van der Waals surface area (Å²) < 4.78 is 4.96. The third-order valence-corrected chi connectivity index (χ3v) is 4.20. The van der Waals surface area contributed by atoms with Gasteiger partial charge in [-0.15, -0.1) is 5.10 Å². The maximum absolute atomic E-state index is 11.9. The number of urea groups is 1. The number of hydrogen-bond acceptors (Lipinski definition) is 4. The molecular formula is C14H23N5O2. The topological polar surface area (TPSA) is 82.3 Å². The zero-order chi connectivity index (χ0) is 14.7. The molecule has 7 heteroatoms. The molecule has 0 aromatic carbocycles. The van der Waals surface area contributed by atoms with E-state index >= 15 is 0 Å². The second-order valence-corrected chi connectivity index (χ2v) is 5.78. The minimum Gasteiger partial charge on any atom is -0.480 e. The van der Waals surface area contributed by atoms with Gasteiger partial charge in [0.25, 0.3) is 0 Å². The Bertz CT molecular complexity index is 485. The number of anilines is 1. The predicted molar refractivity (Wildman–Crippen MR) is 79.5 cm³/mol. The van der Waals surface area contributed by atoms with E-state index in [-0.39, 0.29) is 6.03 Å². The lowest BCUT2D eigenvalue weighted by Gasteiger charge is -2.35. The number of H-pyrrole nitrogens is 1. The van der Waals surface area contributed by atoms with Crippen LogP contribution in [0.4, 0.5) is 10.6 Å². The number of aromatic amines is 1. The Kier molecular flexibility index (Phi) is 4.28. The molecule has 2 aliphatic rings. The van der Waals surface area contributed by atoms with Crippen molar-refractivity contribution in [3.05, 3.63) is 6.07 Å². The van der Waals surface area contributed by atoms with Gasteiger partial charge in [-0.1, -0.05) is 6.42 Å². The molecule has 3 rings (SSSR count). The molecule has 1 aromatic heterocycles. The van der Waals surface area contributed by atoms with E-state index in [2.05, 4.69) is 25.7 Å². The maximum Gasteiger partial charge on any atom is 0.320 e. The second kappa shape index (κ2) is 6.34. The molecule has 0 radical (unpaired) electrons. The molecule has 1 atom stereocenters. The van der Waals surface area contributed by atoms with Crippen LogP contribution in [0.1, 0.15) is 32.1 Å². The van der Waals surface area contributed by atoms with Crippen molar-refractivity contribution >= 4 is 11.8 Å². The number of amides is 2. The van der Waals surface area contributed by atoms with Crippen molar-refractivity contribution in [1.29, 1.82) is 0 Å². The molecule has 1 saturated carbocycles. The van der Waals surface area contributed by atoms with Crippen LogP contribution in [0, 0.1) is 0 Å². The lowest BCUT2D eigenvalue weighted by molar-refractivity contribution is 0.138. The molecule has 1 aromatic rings. The quantitative estimate of drug-likeness (QED) is 0.769. The second-order valence-electron chi connectivity index (χ2n) is 5.78. The number of carbonyl (C=O) groups is 1. The fraction of sp³-hybridized carbons (Fsp3) is 0.714. The summed E-state index contributed by atoms with van der Waals surface area (Å²) in [5, 5.41) is 12.3. The number of carbonyl (C=O) groups excluding carboxylic acids is 1. The van der Waals surface area contributed by atoms with Gasteiger partial charge >= 0.3 is 6.03 Å². The van der Waals surface area contributed by atoms with Crippen LogP contribution in [0.25, 0.3) is 0 Å². The van der Waals surface area contributed by atoms with E-state index in [4.69, 9.17) is 4.74 Å². The summed E-state index contributed by atoms with van der Waals surface area (Å²) in [5.41, 5.74) is 0. The van der Waals surface area contributed by atoms with E-state index < -0.39 is 0 Å². The first-order valence-electron chi connectivity index (χ1n) is 7.66. The summed E-state index contributed by atoms with van der Waals surface area (Å²) >= 11 is 0. The van der Waals surface area contributed by atoms with Gasteiger partial charge in [-0.3, -0.25) is 15.3 Å². The molecule has 2 amide bonds. The number of nitrogens with one attached hydrogen (secondary N) is 3. The number of hydrogen-bond donors (Lipinski definition) is 3. The highest BCUT2D eigenvalue weighted by molar-refractivity contribution is 5.88. The Morgan fingerprint density at radius 3 is 3.05 bits per heavy atom. The monoisotopic (exact) mass is 293 g/mol. The van der Waals surface area contributed by atoms with Crippen molar-refractivity contribution in [3.63, 3.8) is 0 Å². The Morgan fingerprint density at radius 2 is 2.33 bits per heavy atom. The SMILES string of the molecule is COc1cc(NC(=O)NCC2CCCCN2C2CC2)[nH]n1. The van der Waals surface area contributed by atoms with E-state index in [1.165, 1.54) is 45.8 Å². The van der Waals surface area contributed by atoms with Gasteiger partial charge in [0.15, 0.2) is 0 Å². The van der Waals surface area contributed by atoms with E-state index in [0.29, 0.717) is 24.3 Å². The van der Waals surface area contributed by atoms with Crippen molar-refractivity contribution in [3.8, 4) is 5.88 Å². The third-order valence-electron chi connectivity index (χ3n) is 4.20. The van der Waals surface area contributed by atoms with E-state index in [0.717, 1.165) is 6.04 Å². The highest BCUT2D eigenvalue weighted by atomic mass is 16.5. The van der Waals surface area contributed by atoms with Crippen LogP contribution in [0.15, 0.2) is 6.07 Å². The number of likely N-dealkylation sites (tertiary alicyclic amines) is 1. The molecule has 1 aliphatic heterocycles. The highest BCUT2D eigenvalue weighted by Gasteiger charge is 2.35. The van der Waals surface area contributed by atoms with E-state index in [1.54, 1.807) is 6.07 Å². The standard InChI is InChI=1S/C14H23N5O2/c1-21-13-8-12(17-18-13)16-14(20)15-9-11-4-2-3-7-19(11)10-5-6-10/h8,10-11H,2-7,9H2,1H3,(H3,15,16,17,18,20). The van der Waals surface area contributed by atoms with Gasteiger partial charge in [0.1, 0.15) is 5.82 Å². The molecule has 116 valence electrons. The van der Waals surface area contributed by atoms with Gasteiger partial charge in [-0.2, -0.15) is 0 Å². The van der Waals surface area contributed by atoms with Gasteiger partial charge in [0, 0.05) is 24.7 Å². The number of rotatable bonds is 5. The molecular weight excluding hydrogens is 270 g/mol. The maximum atomic E-state index is 11.9. The van der Waals surface area contributed by atoms with Crippen LogP contribution in [0.3, 0.4) is 0 Å².